The van der Waals surface area contributed by atoms with Crippen LogP contribution in [0.5, 0.6) is 5.75 Å². The third-order valence-electron chi connectivity index (χ3n) is 6.21. The van der Waals surface area contributed by atoms with Gasteiger partial charge in [-0.1, -0.05) is 58.4 Å². The fourth-order valence-electron chi connectivity index (χ4n) is 4.23. The molecule has 196 valence electrons. The van der Waals surface area contributed by atoms with Crippen molar-refractivity contribution in [3.8, 4) is 17.3 Å². The molecular weight excluding hydrogens is 576 g/mol. The lowest BCUT2D eigenvalue weighted by Gasteiger charge is -2.08. The topological polar surface area (TPSA) is 113 Å². The van der Waals surface area contributed by atoms with E-state index >= 15 is 0 Å². The number of furan rings is 1. The average molecular weight is 595 g/mol. The van der Waals surface area contributed by atoms with Gasteiger partial charge in [0.05, 0.1) is 22.0 Å². The standard InChI is InChI=1S/C30H19BrN4O5/c31-22-12-9-19(10-13-22)18-39-27-14-11-20(15-25(27)35(37)38)17-32-34-29(28-16-21-5-1-4-8-26(21)40-28)33-24-7-3-2-6-23(24)30(34)36/h1-17H,18H2. The fraction of sp³-hybridized carbons (Fsp3) is 0.0333. The summed E-state index contributed by atoms with van der Waals surface area (Å²) in [5.41, 5.74) is 1.79. The summed E-state index contributed by atoms with van der Waals surface area (Å²) in [6.07, 6.45) is 1.37. The van der Waals surface area contributed by atoms with E-state index in [2.05, 4.69) is 26.0 Å². The molecule has 0 N–H and O–H groups in total. The number of nitrogens with zero attached hydrogens (tertiary/aromatic N) is 4. The van der Waals surface area contributed by atoms with Crippen LogP contribution in [0.2, 0.25) is 0 Å². The number of rotatable bonds is 7. The molecule has 0 amide bonds. The molecule has 0 radical (unpaired) electrons. The highest BCUT2D eigenvalue weighted by atomic mass is 79.9. The Bertz CT molecular complexity index is 1950. The van der Waals surface area contributed by atoms with Crippen LogP contribution in [0.3, 0.4) is 0 Å². The highest BCUT2D eigenvalue weighted by Gasteiger charge is 2.18. The van der Waals surface area contributed by atoms with E-state index in [1.807, 2.05) is 48.5 Å². The number of nitro benzene ring substituents is 1. The van der Waals surface area contributed by atoms with Crippen molar-refractivity contribution in [1.82, 2.24) is 9.66 Å². The molecule has 0 saturated carbocycles. The van der Waals surface area contributed by atoms with Gasteiger partial charge in [0.15, 0.2) is 11.5 Å². The largest absolute Gasteiger partial charge is 0.482 e. The number of nitro groups is 1. The molecule has 0 atom stereocenters. The molecule has 2 aromatic heterocycles. The minimum atomic E-state index is -0.516. The van der Waals surface area contributed by atoms with Gasteiger partial charge < -0.3 is 9.15 Å². The van der Waals surface area contributed by atoms with E-state index in [9.17, 15) is 14.9 Å². The van der Waals surface area contributed by atoms with Crippen LogP contribution in [-0.2, 0) is 6.61 Å². The summed E-state index contributed by atoms with van der Waals surface area (Å²) in [4.78, 5) is 29.4. The maximum Gasteiger partial charge on any atom is 0.311 e. The summed E-state index contributed by atoms with van der Waals surface area (Å²) in [5.74, 6) is 0.696. The smallest absolute Gasteiger partial charge is 0.311 e. The van der Waals surface area contributed by atoms with Gasteiger partial charge in [0.1, 0.15) is 12.2 Å². The van der Waals surface area contributed by atoms with Crippen LogP contribution in [0.25, 0.3) is 33.5 Å². The van der Waals surface area contributed by atoms with E-state index in [4.69, 9.17) is 9.15 Å². The van der Waals surface area contributed by atoms with Crippen molar-refractivity contribution in [2.24, 2.45) is 5.10 Å². The Hall–Kier alpha value is -5.09. The van der Waals surface area contributed by atoms with Gasteiger partial charge in [0, 0.05) is 21.5 Å². The third kappa shape index (κ3) is 4.99. The van der Waals surface area contributed by atoms with Crippen molar-refractivity contribution in [3.63, 3.8) is 0 Å². The molecule has 0 unspecified atom stereocenters. The number of aromatic nitrogens is 2. The van der Waals surface area contributed by atoms with Crippen LogP contribution >= 0.6 is 15.9 Å². The molecule has 0 saturated heterocycles. The maximum absolute atomic E-state index is 13.5. The number of para-hydroxylation sites is 2. The number of halogens is 1. The van der Waals surface area contributed by atoms with Crippen molar-refractivity contribution >= 4 is 49.7 Å². The minimum absolute atomic E-state index is 0.123. The van der Waals surface area contributed by atoms with Crippen LogP contribution in [0, 0.1) is 10.1 Å². The lowest BCUT2D eigenvalue weighted by atomic mass is 10.2. The molecule has 10 heteroatoms. The average Bonchev–Trinajstić information content (AvgIpc) is 3.41. The monoisotopic (exact) mass is 594 g/mol. The number of ether oxygens (including phenoxy) is 1. The predicted molar refractivity (Wildman–Crippen MR) is 156 cm³/mol. The Balaban J connectivity index is 1.38. The first-order valence-corrected chi connectivity index (χ1v) is 13.0. The molecule has 0 spiro atoms. The van der Waals surface area contributed by atoms with Gasteiger partial charge >= 0.3 is 5.69 Å². The number of benzene rings is 4. The van der Waals surface area contributed by atoms with Crippen molar-refractivity contribution in [2.45, 2.75) is 6.61 Å². The van der Waals surface area contributed by atoms with Crippen LogP contribution < -0.4 is 10.3 Å². The molecule has 0 aliphatic rings. The van der Waals surface area contributed by atoms with Crippen LogP contribution in [-0.4, -0.2) is 20.8 Å². The van der Waals surface area contributed by atoms with E-state index in [0.717, 1.165) is 20.1 Å². The van der Waals surface area contributed by atoms with Crippen molar-refractivity contribution in [3.05, 3.63) is 133 Å². The van der Waals surface area contributed by atoms with Gasteiger partial charge in [-0.15, -0.1) is 0 Å². The van der Waals surface area contributed by atoms with Gasteiger partial charge in [-0.25, -0.2) is 4.98 Å². The zero-order chi connectivity index (χ0) is 27.6. The van der Waals surface area contributed by atoms with Gasteiger partial charge in [0.2, 0.25) is 5.82 Å². The van der Waals surface area contributed by atoms with E-state index < -0.39 is 10.5 Å². The summed E-state index contributed by atoms with van der Waals surface area (Å²) in [5, 5.41) is 17.4. The first kappa shape index (κ1) is 25.2. The van der Waals surface area contributed by atoms with Gasteiger partial charge in [-0.3, -0.25) is 14.9 Å². The van der Waals surface area contributed by atoms with Gasteiger partial charge in [-0.2, -0.15) is 9.78 Å². The van der Waals surface area contributed by atoms with E-state index in [1.54, 1.807) is 36.4 Å². The summed E-state index contributed by atoms with van der Waals surface area (Å²) >= 11 is 3.38. The Morgan fingerprint density at radius 1 is 1.00 bits per heavy atom. The highest BCUT2D eigenvalue weighted by molar-refractivity contribution is 9.10. The van der Waals surface area contributed by atoms with Crippen molar-refractivity contribution < 1.29 is 14.1 Å². The molecule has 0 bridgehead atoms. The van der Waals surface area contributed by atoms with Crippen molar-refractivity contribution in [1.29, 1.82) is 0 Å². The summed E-state index contributed by atoms with van der Waals surface area (Å²) in [7, 11) is 0. The molecule has 0 aliphatic carbocycles. The summed E-state index contributed by atoms with van der Waals surface area (Å²) < 4.78 is 13.8. The lowest BCUT2D eigenvalue weighted by molar-refractivity contribution is -0.385. The molecule has 0 fully saturated rings. The fourth-order valence-corrected chi connectivity index (χ4v) is 4.49. The van der Waals surface area contributed by atoms with Crippen molar-refractivity contribution in [2.75, 3.05) is 0 Å². The van der Waals surface area contributed by atoms with Crippen LogP contribution in [0.4, 0.5) is 5.69 Å². The summed E-state index contributed by atoms with van der Waals surface area (Å²) in [6, 6.07) is 28.2. The Kier molecular flexibility index (Phi) is 6.67. The summed E-state index contributed by atoms with van der Waals surface area (Å²) in [6.45, 7) is 0.167. The Morgan fingerprint density at radius 3 is 2.58 bits per heavy atom. The Morgan fingerprint density at radius 2 is 1.77 bits per heavy atom. The third-order valence-corrected chi connectivity index (χ3v) is 6.74. The lowest BCUT2D eigenvalue weighted by Crippen LogP contribution is -2.20. The zero-order valence-corrected chi connectivity index (χ0v) is 22.3. The Labute approximate surface area is 235 Å². The van der Waals surface area contributed by atoms with Gasteiger partial charge in [-0.05, 0) is 54.1 Å². The number of fused-ring (bicyclic) bond motifs is 2. The predicted octanol–water partition coefficient (Wildman–Crippen LogP) is 6.94. The SMILES string of the molecule is O=c1c2ccccc2nc(-c2cc3ccccc3o2)n1N=Cc1ccc(OCc2ccc(Br)cc2)c([N+](=O)[O-])c1. The maximum atomic E-state index is 13.5. The second-order valence-electron chi connectivity index (χ2n) is 8.86. The zero-order valence-electron chi connectivity index (χ0n) is 20.7. The molecular formula is C30H19BrN4O5. The molecule has 40 heavy (non-hydrogen) atoms. The van der Waals surface area contributed by atoms with Gasteiger partial charge in [0.25, 0.3) is 5.56 Å². The van der Waals surface area contributed by atoms with E-state index in [-0.39, 0.29) is 23.9 Å². The van der Waals surface area contributed by atoms with Crippen LogP contribution in [0.15, 0.2) is 116 Å². The number of hydrogen-bond acceptors (Lipinski definition) is 7. The highest BCUT2D eigenvalue weighted by Crippen LogP contribution is 2.29. The molecule has 6 aromatic rings. The quantitative estimate of drug-likeness (QED) is 0.112. The molecule has 9 nitrogen and oxygen atoms in total. The molecule has 4 aromatic carbocycles. The normalized spacial score (nSPS) is 11.4. The second-order valence-corrected chi connectivity index (χ2v) is 9.78. The first-order valence-electron chi connectivity index (χ1n) is 12.2. The number of hydrogen-bond donors (Lipinski definition) is 0. The molecule has 0 aliphatic heterocycles. The van der Waals surface area contributed by atoms with E-state index in [0.29, 0.717) is 27.8 Å². The van der Waals surface area contributed by atoms with Crippen LogP contribution in [0.1, 0.15) is 11.1 Å². The first-order chi connectivity index (χ1) is 19.5. The molecule has 2 heterocycles. The second kappa shape index (κ2) is 10.6. The molecule has 6 rings (SSSR count). The van der Waals surface area contributed by atoms with E-state index in [1.165, 1.54) is 18.3 Å². The minimum Gasteiger partial charge on any atom is -0.482 e.